The number of anilines is 1. The summed E-state index contributed by atoms with van der Waals surface area (Å²) in [4.78, 5) is 9.23. The quantitative estimate of drug-likeness (QED) is 0.732. The molecule has 0 spiro atoms. The number of ether oxygens (including phenoxy) is 2. The van der Waals surface area contributed by atoms with Gasteiger partial charge in [-0.15, -0.1) is 0 Å². The van der Waals surface area contributed by atoms with Gasteiger partial charge in [-0.3, -0.25) is 0 Å². The van der Waals surface area contributed by atoms with Crippen molar-refractivity contribution in [1.29, 1.82) is 0 Å². The first-order chi connectivity index (χ1) is 12.4. The van der Waals surface area contributed by atoms with E-state index in [0.717, 1.165) is 40.8 Å². The largest absolute Gasteiger partial charge is 0.493 e. The number of nitrogens with zero attached hydrogens (tertiary/aromatic N) is 5. The minimum Gasteiger partial charge on any atom is -0.493 e. The fraction of sp³-hybridized carbons (Fsp3) is 0.389. The molecule has 0 saturated carbocycles. The monoisotopic (exact) mass is 355 g/mol. The number of quaternary nitrogens is 1. The Morgan fingerprint density at radius 3 is 2.85 bits per heavy atom. The summed E-state index contributed by atoms with van der Waals surface area (Å²) in [6, 6.07) is 1.91. The van der Waals surface area contributed by atoms with Crippen molar-refractivity contribution in [2.24, 2.45) is 12.0 Å². The maximum absolute atomic E-state index is 6.01. The lowest BCUT2D eigenvalue weighted by molar-refractivity contribution is -0.739. The number of fused-ring (bicyclic) bond motifs is 5. The molecule has 0 aromatic carbocycles. The van der Waals surface area contributed by atoms with Crippen LogP contribution in [-0.2, 0) is 7.05 Å². The molecule has 2 aliphatic heterocycles. The van der Waals surface area contributed by atoms with Crippen LogP contribution in [0.5, 0.6) is 11.6 Å². The molecule has 4 rings (SSSR count). The van der Waals surface area contributed by atoms with Gasteiger partial charge in [-0.25, -0.2) is 14.1 Å². The summed E-state index contributed by atoms with van der Waals surface area (Å²) in [5.41, 5.74) is 1.89. The maximum Gasteiger partial charge on any atom is 0.248 e. The highest BCUT2D eigenvalue weighted by Gasteiger charge is 2.35. The molecule has 1 N–H and O–H groups in total. The topological polar surface area (TPSA) is 73.6 Å². The summed E-state index contributed by atoms with van der Waals surface area (Å²) in [6.45, 7) is 3.10. The van der Waals surface area contributed by atoms with Gasteiger partial charge in [-0.1, -0.05) is 0 Å². The average molecular weight is 355 g/mol. The van der Waals surface area contributed by atoms with Crippen molar-refractivity contribution in [3.8, 4) is 11.6 Å². The average Bonchev–Trinajstić information content (AvgIpc) is 3.08. The van der Waals surface area contributed by atoms with Crippen LogP contribution in [0.1, 0.15) is 17.5 Å². The molecule has 0 amide bonds. The Kier molecular flexibility index (Phi) is 3.91. The van der Waals surface area contributed by atoms with E-state index in [2.05, 4.69) is 29.5 Å². The molecule has 4 heterocycles. The Balaban J connectivity index is 1.77. The van der Waals surface area contributed by atoms with Gasteiger partial charge in [0.15, 0.2) is 5.82 Å². The predicted octanol–water partition coefficient (Wildman–Crippen LogP) is 2.03. The lowest BCUT2D eigenvalue weighted by Crippen LogP contribution is -2.38. The maximum atomic E-state index is 6.01. The molecule has 136 valence electrons. The van der Waals surface area contributed by atoms with E-state index in [1.54, 1.807) is 17.1 Å². The zero-order chi connectivity index (χ0) is 18.3. The van der Waals surface area contributed by atoms with Crippen molar-refractivity contribution in [2.75, 3.05) is 32.6 Å². The van der Waals surface area contributed by atoms with Gasteiger partial charge in [-0.2, -0.15) is 10.1 Å². The van der Waals surface area contributed by atoms with Gasteiger partial charge < -0.3 is 14.8 Å². The van der Waals surface area contributed by atoms with Crippen LogP contribution >= 0.6 is 0 Å². The van der Waals surface area contributed by atoms with Gasteiger partial charge in [0.2, 0.25) is 11.7 Å². The zero-order valence-electron chi connectivity index (χ0n) is 15.5. The number of rotatable bonds is 0. The number of hydrogen-bond donors (Lipinski definition) is 1. The molecule has 0 radical (unpaired) electrons. The molecule has 2 aromatic heterocycles. The first-order valence-electron chi connectivity index (χ1n) is 8.61. The molecule has 4 bridgehead atoms. The second-order valence-corrected chi connectivity index (χ2v) is 6.99. The molecule has 0 aliphatic carbocycles. The highest BCUT2D eigenvalue weighted by Crippen LogP contribution is 2.29. The molecule has 2 aliphatic rings. The number of nitrogens with one attached hydrogen (secondary N) is 1. The standard InChI is InChI=1S/C18H23N6O2/c1-12-9-19-15-8-14(12)25-6-5-7-26-18-13(10-20-23(18)2)17-22-16(21-15)11-24(17,3)4/h8-11H,5-7H2,1-4H3,(H,19,21)/q+1. The third kappa shape index (κ3) is 2.92. The van der Waals surface area contributed by atoms with Crippen molar-refractivity contribution >= 4 is 11.7 Å². The van der Waals surface area contributed by atoms with Gasteiger partial charge in [-0.05, 0) is 6.92 Å². The number of aryl methyl sites for hydroxylation is 2. The summed E-state index contributed by atoms with van der Waals surface area (Å²) >= 11 is 0. The number of hydrogen-bond acceptors (Lipinski definition) is 6. The van der Waals surface area contributed by atoms with Gasteiger partial charge in [0, 0.05) is 31.3 Å². The predicted molar refractivity (Wildman–Crippen MR) is 98.1 cm³/mol. The molecule has 0 unspecified atom stereocenters. The molecule has 26 heavy (non-hydrogen) atoms. The highest BCUT2D eigenvalue weighted by atomic mass is 16.5. The van der Waals surface area contributed by atoms with E-state index in [4.69, 9.17) is 14.5 Å². The molecule has 0 saturated heterocycles. The minimum absolute atomic E-state index is 0.486. The Morgan fingerprint density at radius 2 is 2.00 bits per heavy atom. The van der Waals surface area contributed by atoms with Crippen molar-refractivity contribution < 1.29 is 14.0 Å². The van der Waals surface area contributed by atoms with E-state index in [0.29, 0.717) is 23.5 Å². The Hall–Kier alpha value is -2.87. The van der Waals surface area contributed by atoms with E-state index < -0.39 is 0 Å². The Bertz CT molecular complexity index is 912. The molecule has 0 atom stereocenters. The van der Waals surface area contributed by atoms with Gasteiger partial charge >= 0.3 is 0 Å². The SMILES string of the molecule is Cc1cnc2cc1OCCCOc1c(cnn1C)C1=NC(=C[N+]1(C)C)N2. The third-order valence-corrected chi connectivity index (χ3v) is 4.44. The summed E-state index contributed by atoms with van der Waals surface area (Å²) in [7, 11) is 6.01. The van der Waals surface area contributed by atoms with Crippen LogP contribution in [0.15, 0.2) is 35.5 Å². The van der Waals surface area contributed by atoms with Crippen LogP contribution in [0.2, 0.25) is 0 Å². The molecular weight excluding hydrogens is 332 g/mol. The normalized spacial score (nSPS) is 18.5. The van der Waals surface area contributed by atoms with E-state index in [1.165, 1.54) is 0 Å². The van der Waals surface area contributed by atoms with Crippen molar-refractivity contribution in [3.63, 3.8) is 0 Å². The Morgan fingerprint density at radius 1 is 1.19 bits per heavy atom. The molecule has 2 aromatic rings. The van der Waals surface area contributed by atoms with Crippen molar-refractivity contribution in [2.45, 2.75) is 13.3 Å². The van der Waals surface area contributed by atoms with E-state index in [9.17, 15) is 0 Å². The van der Waals surface area contributed by atoms with Crippen LogP contribution in [0.25, 0.3) is 0 Å². The second-order valence-electron chi connectivity index (χ2n) is 6.99. The smallest absolute Gasteiger partial charge is 0.248 e. The van der Waals surface area contributed by atoms with Crippen molar-refractivity contribution in [1.82, 2.24) is 14.8 Å². The summed E-state index contributed by atoms with van der Waals surface area (Å²) in [5, 5.41) is 7.64. The summed E-state index contributed by atoms with van der Waals surface area (Å²) < 4.78 is 14.1. The number of pyridine rings is 1. The van der Waals surface area contributed by atoms with Crippen LogP contribution in [0.3, 0.4) is 0 Å². The number of aliphatic imine (C=N–C) groups is 1. The van der Waals surface area contributed by atoms with E-state index in [1.807, 2.05) is 26.2 Å². The van der Waals surface area contributed by atoms with Crippen LogP contribution < -0.4 is 14.8 Å². The van der Waals surface area contributed by atoms with Crippen LogP contribution in [0.4, 0.5) is 5.82 Å². The minimum atomic E-state index is 0.486. The van der Waals surface area contributed by atoms with Gasteiger partial charge in [0.1, 0.15) is 23.3 Å². The van der Waals surface area contributed by atoms with Crippen molar-refractivity contribution in [3.05, 3.63) is 41.6 Å². The fourth-order valence-corrected chi connectivity index (χ4v) is 3.09. The van der Waals surface area contributed by atoms with Gasteiger partial charge in [0.05, 0.1) is 33.5 Å². The lowest BCUT2D eigenvalue weighted by atomic mass is 10.2. The third-order valence-electron chi connectivity index (χ3n) is 4.44. The summed E-state index contributed by atoms with van der Waals surface area (Å²) in [6.07, 6.45) is 6.41. The first kappa shape index (κ1) is 16.6. The highest BCUT2D eigenvalue weighted by molar-refractivity contribution is 5.97. The lowest BCUT2D eigenvalue weighted by Gasteiger charge is -2.21. The Labute approximate surface area is 152 Å². The van der Waals surface area contributed by atoms with Crippen LogP contribution in [0, 0.1) is 6.92 Å². The van der Waals surface area contributed by atoms with E-state index >= 15 is 0 Å². The first-order valence-corrected chi connectivity index (χ1v) is 8.61. The molecule has 0 fully saturated rings. The molecule has 8 heteroatoms. The molecular formula is C18H23N6O2+. The summed E-state index contributed by atoms with van der Waals surface area (Å²) in [5.74, 6) is 3.85. The van der Waals surface area contributed by atoms with E-state index in [-0.39, 0.29) is 0 Å². The van der Waals surface area contributed by atoms with Gasteiger partial charge in [0.25, 0.3) is 0 Å². The fourth-order valence-electron chi connectivity index (χ4n) is 3.09. The number of aromatic nitrogens is 3. The van der Waals surface area contributed by atoms with Crippen LogP contribution in [-0.4, -0.2) is 52.4 Å². The second kappa shape index (κ2) is 6.14. The zero-order valence-corrected chi connectivity index (χ0v) is 15.5. The number of amidine groups is 1. The molecule has 8 nitrogen and oxygen atoms in total.